The third-order valence-electron chi connectivity index (χ3n) is 4.51. The number of hydrogen-bond donors (Lipinski definition) is 4. The van der Waals surface area contributed by atoms with Gasteiger partial charge in [-0.15, -0.1) is 0 Å². The fourth-order valence-electron chi connectivity index (χ4n) is 2.91. The summed E-state index contributed by atoms with van der Waals surface area (Å²) in [5.41, 5.74) is 18.4. The van der Waals surface area contributed by atoms with E-state index in [9.17, 15) is 19.5 Å². The number of rotatable bonds is 13. The molecule has 1 aromatic rings. The Bertz CT molecular complexity index is 697. The second kappa shape index (κ2) is 12.5. The predicted octanol–water partition coefficient (Wildman–Crippen LogP) is -0.133. The summed E-state index contributed by atoms with van der Waals surface area (Å²) in [4.78, 5) is 37.6. The van der Waals surface area contributed by atoms with Crippen molar-refractivity contribution in [1.29, 1.82) is 0 Å². The van der Waals surface area contributed by atoms with E-state index in [2.05, 4.69) is 0 Å². The molecule has 0 bridgehead atoms. The maximum Gasteiger partial charge on any atom is 0.326 e. The highest BCUT2D eigenvalue weighted by molar-refractivity contribution is 6.08. The number of nitrogens with two attached hydrogens (primary N) is 3. The molecule has 0 saturated heterocycles. The lowest BCUT2D eigenvalue weighted by atomic mass is 9.85. The molecule has 0 radical (unpaired) electrons. The van der Waals surface area contributed by atoms with Gasteiger partial charge in [0, 0.05) is 0 Å². The van der Waals surface area contributed by atoms with Crippen LogP contribution in [0.5, 0.6) is 0 Å². The van der Waals surface area contributed by atoms with Gasteiger partial charge in [0.1, 0.15) is 24.3 Å². The van der Waals surface area contributed by atoms with Gasteiger partial charge in [0.05, 0.1) is 19.3 Å². The number of aliphatic hydroxyl groups excluding tert-OH is 1. The quantitative estimate of drug-likeness (QED) is 0.192. The number of aliphatic hydroxyl groups is 1. The topological polar surface area (TPSA) is 168 Å². The van der Waals surface area contributed by atoms with Crippen molar-refractivity contribution in [3.8, 4) is 0 Å². The summed E-state index contributed by atoms with van der Waals surface area (Å²) >= 11 is 0. The molecule has 0 fully saturated rings. The zero-order valence-electron chi connectivity index (χ0n) is 17.7. The maximum atomic E-state index is 12.9. The van der Waals surface area contributed by atoms with Crippen molar-refractivity contribution in [2.75, 3.05) is 6.61 Å². The standard InChI is InChI=1S/C21H33N3O6/c1-4-29-21(28)16(23)19(27)18(26)15(17(25)14(22)10-12(2)3)20(24)30-11-13-8-6-5-7-9-13/h5-9,12,14-16,19-20,27H,4,10-11,22-24H2,1-3H3. The van der Waals surface area contributed by atoms with Crippen LogP contribution < -0.4 is 17.2 Å². The molecular formula is C21H33N3O6. The molecule has 0 aliphatic heterocycles. The monoisotopic (exact) mass is 423 g/mol. The second-order valence-electron chi connectivity index (χ2n) is 7.50. The highest BCUT2D eigenvalue weighted by Gasteiger charge is 2.42. The molecule has 0 aromatic heterocycles. The van der Waals surface area contributed by atoms with Crippen LogP contribution in [0.3, 0.4) is 0 Å². The van der Waals surface area contributed by atoms with E-state index < -0.39 is 47.9 Å². The lowest BCUT2D eigenvalue weighted by Gasteiger charge is -2.28. The minimum atomic E-state index is -1.99. The molecule has 7 N–H and O–H groups in total. The zero-order valence-corrected chi connectivity index (χ0v) is 17.7. The summed E-state index contributed by atoms with van der Waals surface area (Å²) in [6, 6.07) is 6.38. The van der Waals surface area contributed by atoms with E-state index in [1.54, 1.807) is 31.2 Å². The Labute approximate surface area is 176 Å². The van der Waals surface area contributed by atoms with Gasteiger partial charge in [0.2, 0.25) is 0 Å². The van der Waals surface area contributed by atoms with E-state index in [1.165, 1.54) is 0 Å². The number of benzene rings is 1. The number of esters is 1. The molecular weight excluding hydrogens is 390 g/mol. The second-order valence-corrected chi connectivity index (χ2v) is 7.50. The average molecular weight is 424 g/mol. The number of carbonyl (C=O) groups excluding carboxylic acids is 3. The fourth-order valence-corrected chi connectivity index (χ4v) is 2.91. The normalized spacial score (nSPS) is 16.4. The van der Waals surface area contributed by atoms with Crippen LogP contribution in [0.25, 0.3) is 0 Å². The zero-order chi connectivity index (χ0) is 22.8. The predicted molar refractivity (Wildman–Crippen MR) is 111 cm³/mol. The van der Waals surface area contributed by atoms with Crippen LogP contribution >= 0.6 is 0 Å². The first-order valence-corrected chi connectivity index (χ1v) is 9.94. The Hall–Kier alpha value is -2.17. The lowest BCUT2D eigenvalue weighted by molar-refractivity contribution is -0.155. The summed E-state index contributed by atoms with van der Waals surface area (Å²) < 4.78 is 10.3. The molecule has 9 heteroatoms. The summed E-state index contributed by atoms with van der Waals surface area (Å²) in [7, 11) is 0. The van der Waals surface area contributed by atoms with E-state index in [1.807, 2.05) is 19.9 Å². The molecule has 9 nitrogen and oxygen atoms in total. The van der Waals surface area contributed by atoms with Gasteiger partial charge in [0.15, 0.2) is 11.6 Å². The van der Waals surface area contributed by atoms with E-state index in [-0.39, 0.29) is 19.1 Å². The number of hydrogen-bond acceptors (Lipinski definition) is 9. The van der Waals surface area contributed by atoms with Crippen LogP contribution in [0.4, 0.5) is 0 Å². The number of carbonyl (C=O) groups is 3. The van der Waals surface area contributed by atoms with Crippen LogP contribution in [0.1, 0.15) is 32.8 Å². The minimum Gasteiger partial charge on any atom is -0.465 e. The van der Waals surface area contributed by atoms with Crippen molar-refractivity contribution in [2.45, 2.75) is 58.2 Å². The average Bonchev–Trinajstić information content (AvgIpc) is 2.71. The van der Waals surface area contributed by atoms with Gasteiger partial charge in [-0.1, -0.05) is 44.2 Å². The summed E-state index contributed by atoms with van der Waals surface area (Å²) in [5.74, 6) is -4.16. The summed E-state index contributed by atoms with van der Waals surface area (Å²) in [6.07, 6.45) is -3.06. The first-order valence-electron chi connectivity index (χ1n) is 9.94. The van der Waals surface area contributed by atoms with Gasteiger partial charge in [-0.3, -0.25) is 14.4 Å². The third kappa shape index (κ3) is 7.58. The molecule has 0 saturated carbocycles. The van der Waals surface area contributed by atoms with Crippen LogP contribution in [-0.4, -0.2) is 53.7 Å². The SMILES string of the molecule is CCOC(=O)C(N)C(O)C(=O)C(C(=O)C(N)CC(C)C)C(N)OCc1ccccc1. The van der Waals surface area contributed by atoms with Gasteiger partial charge in [-0.2, -0.15) is 0 Å². The van der Waals surface area contributed by atoms with Crippen LogP contribution in [-0.2, 0) is 30.5 Å². The molecule has 0 aliphatic carbocycles. The van der Waals surface area contributed by atoms with Gasteiger partial charge < -0.3 is 31.8 Å². The first kappa shape index (κ1) is 25.9. The number of ether oxygens (including phenoxy) is 2. The van der Waals surface area contributed by atoms with Gasteiger partial charge in [0.25, 0.3) is 0 Å². The molecule has 1 rings (SSSR count). The minimum absolute atomic E-state index is 0.0226. The van der Waals surface area contributed by atoms with Crippen LogP contribution in [0.2, 0.25) is 0 Å². The van der Waals surface area contributed by atoms with E-state index in [0.717, 1.165) is 5.56 Å². The molecule has 168 valence electrons. The van der Waals surface area contributed by atoms with Crippen LogP contribution in [0, 0.1) is 11.8 Å². The van der Waals surface area contributed by atoms with E-state index in [4.69, 9.17) is 26.7 Å². The van der Waals surface area contributed by atoms with Gasteiger partial charge >= 0.3 is 5.97 Å². The molecule has 0 heterocycles. The Morgan fingerprint density at radius 2 is 1.63 bits per heavy atom. The first-order chi connectivity index (χ1) is 14.1. The number of Topliss-reactive ketones (excluding diaryl/α,β-unsaturated/α-hetero) is 2. The summed E-state index contributed by atoms with van der Waals surface area (Å²) in [6.45, 7) is 5.37. The highest BCUT2D eigenvalue weighted by Crippen LogP contribution is 2.17. The molecule has 30 heavy (non-hydrogen) atoms. The van der Waals surface area contributed by atoms with Crippen LogP contribution in [0.15, 0.2) is 30.3 Å². The molecule has 0 spiro atoms. The smallest absolute Gasteiger partial charge is 0.326 e. The Balaban J connectivity index is 3.04. The van der Waals surface area contributed by atoms with Crippen molar-refractivity contribution in [1.82, 2.24) is 0 Å². The summed E-state index contributed by atoms with van der Waals surface area (Å²) in [5, 5.41) is 10.3. The van der Waals surface area contributed by atoms with Crippen molar-refractivity contribution in [3.63, 3.8) is 0 Å². The Kier molecular flexibility index (Phi) is 10.8. The highest BCUT2D eigenvalue weighted by atomic mass is 16.5. The Morgan fingerprint density at radius 1 is 1.03 bits per heavy atom. The molecule has 0 amide bonds. The number of ketones is 2. The largest absolute Gasteiger partial charge is 0.465 e. The van der Waals surface area contributed by atoms with Crippen molar-refractivity contribution < 1.29 is 29.0 Å². The lowest BCUT2D eigenvalue weighted by Crippen LogP contribution is -2.56. The molecule has 0 aliphatic rings. The van der Waals surface area contributed by atoms with Crippen molar-refractivity contribution in [3.05, 3.63) is 35.9 Å². The molecule has 5 unspecified atom stereocenters. The van der Waals surface area contributed by atoms with E-state index in [0.29, 0.717) is 6.42 Å². The van der Waals surface area contributed by atoms with E-state index >= 15 is 0 Å². The van der Waals surface area contributed by atoms with Crippen molar-refractivity contribution >= 4 is 17.5 Å². The molecule has 1 aromatic carbocycles. The van der Waals surface area contributed by atoms with Gasteiger partial charge in [-0.05, 0) is 24.8 Å². The third-order valence-corrected chi connectivity index (χ3v) is 4.51. The van der Waals surface area contributed by atoms with Gasteiger partial charge in [-0.25, -0.2) is 0 Å². The van der Waals surface area contributed by atoms with Crippen molar-refractivity contribution in [2.24, 2.45) is 29.0 Å². The maximum absolute atomic E-state index is 12.9. The Morgan fingerprint density at radius 3 is 2.17 bits per heavy atom. The fraction of sp³-hybridized carbons (Fsp3) is 0.571. The molecule has 5 atom stereocenters.